The van der Waals surface area contributed by atoms with Crippen LogP contribution in [0.15, 0.2) is 47.3 Å². The number of rotatable bonds is 11. The third kappa shape index (κ3) is 8.32. The van der Waals surface area contributed by atoms with Crippen molar-refractivity contribution in [1.82, 2.24) is 29.7 Å². The zero-order chi connectivity index (χ0) is 34.7. The molecule has 4 aromatic rings. The Bertz CT molecular complexity index is 1830. The molecule has 12 nitrogen and oxygen atoms in total. The average molecular weight is 771 g/mol. The highest BCUT2D eigenvalue weighted by Gasteiger charge is 2.29. The number of ether oxygens (including phenoxy) is 1. The lowest BCUT2D eigenvalue weighted by Gasteiger charge is -2.43. The number of methoxy groups -OCH3 is 1. The lowest BCUT2D eigenvalue weighted by atomic mass is 9.99. The van der Waals surface area contributed by atoms with Crippen molar-refractivity contribution >= 4 is 79.4 Å². The summed E-state index contributed by atoms with van der Waals surface area (Å²) in [5.41, 5.74) is 5.15. The van der Waals surface area contributed by atoms with Crippen molar-refractivity contribution in [2.75, 3.05) is 87.4 Å². The fourth-order valence-corrected chi connectivity index (χ4v) is 9.33. The lowest BCUT2D eigenvalue weighted by Crippen LogP contribution is -2.53. The van der Waals surface area contributed by atoms with E-state index >= 15 is 0 Å². The smallest absolute Gasteiger partial charge is 0.229 e. The summed E-state index contributed by atoms with van der Waals surface area (Å²) in [5, 5.41) is 7.39. The molecule has 2 aliphatic heterocycles. The minimum Gasteiger partial charge on any atom is -0.616 e. The quantitative estimate of drug-likeness (QED) is 0.149. The van der Waals surface area contributed by atoms with Crippen LogP contribution in [0.2, 0.25) is 0 Å². The fraction of sp³-hybridized carbons (Fsp3) is 0.471. The Kier molecular flexibility index (Phi) is 11.3. The number of nitrogens with one attached hydrogen (secondary N) is 2. The van der Waals surface area contributed by atoms with E-state index in [0.717, 1.165) is 64.2 Å². The summed E-state index contributed by atoms with van der Waals surface area (Å²) in [6.07, 6.45) is 9.81. The maximum Gasteiger partial charge on any atom is 0.229 e. The number of nitrogens with zero attached hydrogens (tertiary/aromatic N) is 7. The molecular formula is C34H45BrN9O3PS. The molecule has 0 aliphatic carbocycles. The van der Waals surface area contributed by atoms with E-state index in [1.165, 1.54) is 11.3 Å². The molecule has 0 amide bonds. The molecule has 2 N–H and O–H groups in total. The van der Waals surface area contributed by atoms with Crippen molar-refractivity contribution in [2.45, 2.75) is 32.2 Å². The van der Waals surface area contributed by atoms with Gasteiger partial charge in [0.2, 0.25) is 5.95 Å². The Morgan fingerprint density at radius 3 is 2.43 bits per heavy atom. The van der Waals surface area contributed by atoms with Gasteiger partial charge in [-0.1, -0.05) is 6.92 Å². The Labute approximate surface area is 300 Å². The largest absolute Gasteiger partial charge is 0.616 e. The summed E-state index contributed by atoms with van der Waals surface area (Å²) in [6, 6.07) is 8.57. The molecule has 2 aromatic heterocycles. The molecule has 6 rings (SSSR count). The summed E-state index contributed by atoms with van der Waals surface area (Å²) in [5.74, 6) is 2.30. The summed E-state index contributed by atoms with van der Waals surface area (Å²) in [6.45, 7) is 11.7. The van der Waals surface area contributed by atoms with Crippen LogP contribution in [0.3, 0.4) is 0 Å². The van der Waals surface area contributed by atoms with Crippen molar-refractivity contribution in [3.8, 4) is 5.75 Å². The number of hydrogen-bond acceptors (Lipinski definition) is 12. The van der Waals surface area contributed by atoms with E-state index in [1.54, 1.807) is 45.3 Å². The normalized spacial score (nSPS) is 17.3. The van der Waals surface area contributed by atoms with Crippen LogP contribution in [0.1, 0.15) is 25.3 Å². The van der Waals surface area contributed by atoms with Crippen LogP contribution >= 0.6 is 23.1 Å². The first kappa shape index (κ1) is 35.8. The summed E-state index contributed by atoms with van der Waals surface area (Å²) < 4.78 is 31.6. The second kappa shape index (κ2) is 15.5. The van der Waals surface area contributed by atoms with Crippen molar-refractivity contribution in [3.05, 3.63) is 52.9 Å². The number of piperazine rings is 1. The monoisotopic (exact) mass is 769 g/mol. The molecule has 49 heavy (non-hydrogen) atoms. The van der Waals surface area contributed by atoms with Gasteiger partial charge in [-0.3, -0.25) is 19.8 Å². The number of piperidine rings is 1. The second-order valence-electron chi connectivity index (χ2n) is 13.0. The lowest BCUT2D eigenvalue weighted by molar-refractivity contribution is 0.0942. The highest BCUT2D eigenvalue weighted by molar-refractivity contribution is 9.10. The van der Waals surface area contributed by atoms with Gasteiger partial charge >= 0.3 is 0 Å². The molecule has 2 aromatic carbocycles. The number of fused-ring (bicyclic) bond motifs is 1. The van der Waals surface area contributed by atoms with E-state index in [1.807, 2.05) is 12.1 Å². The maximum absolute atomic E-state index is 13.4. The molecule has 4 heterocycles. The molecule has 0 radical (unpaired) electrons. The van der Waals surface area contributed by atoms with Gasteiger partial charge in [0.1, 0.15) is 24.2 Å². The van der Waals surface area contributed by atoms with Crippen molar-refractivity contribution in [2.24, 2.45) is 0 Å². The van der Waals surface area contributed by atoms with E-state index < -0.39 is 18.3 Å². The molecular weight excluding hydrogens is 725 g/mol. The van der Waals surface area contributed by atoms with E-state index in [9.17, 15) is 9.12 Å². The Balaban J connectivity index is 1.18. The predicted octanol–water partition coefficient (Wildman–Crippen LogP) is 5.41. The number of aryl methyl sites for hydroxylation is 1. The van der Waals surface area contributed by atoms with Gasteiger partial charge in [0, 0.05) is 75.7 Å². The van der Waals surface area contributed by atoms with Crippen LogP contribution in [-0.2, 0) is 22.2 Å². The fourth-order valence-electron chi connectivity index (χ4n) is 6.88. The van der Waals surface area contributed by atoms with Gasteiger partial charge in [0.25, 0.3) is 0 Å². The van der Waals surface area contributed by atoms with Gasteiger partial charge in [-0.15, -0.1) is 0 Å². The molecule has 0 saturated carbocycles. The zero-order valence-corrected chi connectivity index (χ0v) is 32.1. The zero-order valence-electron chi connectivity index (χ0n) is 28.8. The second-order valence-corrected chi connectivity index (χ2v) is 18.4. The maximum atomic E-state index is 13.4. The predicted molar refractivity (Wildman–Crippen MR) is 205 cm³/mol. The highest BCUT2D eigenvalue weighted by Crippen LogP contribution is 2.42. The highest BCUT2D eigenvalue weighted by atomic mass is 79.9. The van der Waals surface area contributed by atoms with Crippen LogP contribution in [0, 0.1) is 0 Å². The number of aromatic nitrogens is 4. The van der Waals surface area contributed by atoms with Crippen LogP contribution in [0.25, 0.3) is 11.0 Å². The first-order valence-corrected chi connectivity index (χ1v) is 21.7. The van der Waals surface area contributed by atoms with Crippen LogP contribution in [0.5, 0.6) is 5.75 Å². The molecule has 0 bridgehead atoms. The Hall–Kier alpha value is -3.00. The third-order valence-corrected chi connectivity index (χ3v) is 12.1. The molecule has 1 atom stereocenters. The molecule has 2 fully saturated rings. The average Bonchev–Trinajstić information content (AvgIpc) is 3.09. The first-order chi connectivity index (χ1) is 23.5. The van der Waals surface area contributed by atoms with E-state index in [0.29, 0.717) is 55.9 Å². The van der Waals surface area contributed by atoms with E-state index in [2.05, 4.69) is 75.3 Å². The first-order valence-electron chi connectivity index (χ1n) is 16.6. The standard InChI is InChI=1S/C34H45BrN9O3PS/c1-6-23-19-28(30(47-2)20-29(23)44-13-9-24(10-14-44)43-17-15-42(16-18-43)22-49(5)46)40-34-38-21-25(35)33(41-34)39-27-8-7-26-31(37-12-11-36-26)32(27)48(3,4)45/h7-8,11-12,19-21,24H,6,9-10,13-18,22H2,1-5H3,(H2,38,39,40,41). The van der Waals surface area contributed by atoms with Gasteiger partial charge in [0.05, 0.1) is 40.0 Å². The van der Waals surface area contributed by atoms with Gasteiger partial charge in [-0.05, 0) is 83.5 Å². The number of anilines is 5. The molecule has 262 valence electrons. The number of hydrogen-bond donors (Lipinski definition) is 2. The topological polar surface area (TPSA) is 135 Å². The van der Waals surface area contributed by atoms with Gasteiger partial charge in [-0.2, -0.15) is 4.98 Å². The molecule has 2 aliphatic rings. The summed E-state index contributed by atoms with van der Waals surface area (Å²) >= 11 is 2.80. The number of benzene rings is 2. The van der Waals surface area contributed by atoms with Gasteiger partial charge in [0.15, 0.2) is 5.88 Å². The Morgan fingerprint density at radius 2 is 1.76 bits per heavy atom. The van der Waals surface area contributed by atoms with Crippen LogP contribution in [0.4, 0.5) is 28.8 Å². The SMILES string of the molecule is CCc1cc(Nc2ncc(Br)c(Nc3ccc4nccnc4c3P(C)(C)=O)n2)c(OC)cc1N1CCC(N2CCN(C[S+](C)[O-])CC2)CC1. The van der Waals surface area contributed by atoms with Crippen molar-refractivity contribution in [3.63, 3.8) is 0 Å². The van der Waals surface area contributed by atoms with Gasteiger partial charge < -0.3 is 29.4 Å². The van der Waals surface area contributed by atoms with Crippen molar-refractivity contribution < 1.29 is 13.9 Å². The molecule has 1 unspecified atom stereocenters. The minimum atomic E-state index is -2.75. The molecule has 0 spiro atoms. The minimum absolute atomic E-state index is 0.392. The Morgan fingerprint density at radius 1 is 1.02 bits per heavy atom. The molecule has 2 saturated heterocycles. The van der Waals surface area contributed by atoms with E-state index in [4.69, 9.17) is 9.72 Å². The third-order valence-electron chi connectivity index (χ3n) is 9.27. The molecule has 15 heteroatoms. The van der Waals surface area contributed by atoms with E-state index in [-0.39, 0.29) is 0 Å². The van der Waals surface area contributed by atoms with Crippen molar-refractivity contribution in [1.29, 1.82) is 0 Å². The summed E-state index contributed by atoms with van der Waals surface area (Å²) in [7, 11) is -1.06. The summed E-state index contributed by atoms with van der Waals surface area (Å²) in [4.78, 5) is 25.6. The number of halogens is 1. The van der Waals surface area contributed by atoms with Crippen LogP contribution < -0.4 is 25.6 Å². The van der Waals surface area contributed by atoms with Gasteiger partial charge in [-0.25, -0.2) is 4.98 Å². The van der Waals surface area contributed by atoms with Crippen LogP contribution in [-0.4, -0.2) is 112 Å².